The van der Waals surface area contributed by atoms with E-state index in [4.69, 9.17) is 4.74 Å². The molecule has 0 spiro atoms. The Balaban J connectivity index is 2.12. The molecule has 0 radical (unpaired) electrons. The number of halogens is 1. The summed E-state index contributed by atoms with van der Waals surface area (Å²) < 4.78 is 6.05. The first kappa shape index (κ1) is 19.2. The number of nitrogens with one attached hydrogen (secondary N) is 2. The summed E-state index contributed by atoms with van der Waals surface area (Å²) in [5.41, 5.74) is 1.62. The number of hydrogen-bond acceptors (Lipinski definition) is 3. The van der Waals surface area contributed by atoms with Crippen molar-refractivity contribution in [3.63, 3.8) is 0 Å². The number of rotatable bonds is 6. The molecular formula is C19H21IN2O3. The van der Waals surface area contributed by atoms with Crippen molar-refractivity contribution in [3.8, 4) is 5.75 Å². The van der Waals surface area contributed by atoms with Gasteiger partial charge >= 0.3 is 0 Å². The number of carbonyl (C=O) groups excluding carboxylic acids is 2. The predicted octanol–water partition coefficient (Wildman–Crippen LogP) is 4.08. The molecule has 1 unspecified atom stereocenters. The first-order chi connectivity index (χ1) is 11.9. The molecule has 0 aromatic heterocycles. The molecule has 25 heavy (non-hydrogen) atoms. The van der Waals surface area contributed by atoms with Gasteiger partial charge in [0.1, 0.15) is 5.75 Å². The Morgan fingerprint density at radius 2 is 1.84 bits per heavy atom. The Morgan fingerprint density at radius 3 is 2.48 bits per heavy atom. The topological polar surface area (TPSA) is 67.4 Å². The molecule has 0 heterocycles. The lowest BCUT2D eigenvalue weighted by Gasteiger charge is -2.12. The molecule has 2 aromatic rings. The molecule has 6 heteroatoms. The van der Waals surface area contributed by atoms with Crippen LogP contribution >= 0.6 is 22.6 Å². The standard InChI is InChI=1S/C19H21IN2O3/c1-4-12(2)21-18(23)13-6-5-7-15(10-13)22-19(24)14-8-9-17(25-3)16(20)11-14/h5-12H,4H2,1-3H3,(H,21,23)(H,22,24). The van der Waals surface area contributed by atoms with E-state index in [0.29, 0.717) is 16.8 Å². The number of anilines is 1. The highest BCUT2D eigenvalue weighted by molar-refractivity contribution is 14.1. The van der Waals surface area contributed by atoms with Gasteiger partial charge in [0.25, 0.3) is 11.8 Å². The summed E-state index contributed by atoms with van der Waals surface area (Å²) in [7, 11) is 1.59. The summed E-state index contributed by atoms with van der Waals surface area (Å²) in [5, 5.41) is 5.73. The molecule has 0 saturated carbocycles. The van der Waals surface area contributed by atoms with Crippen LogP contribution in [0.2, 0.25) is 0 Å². The highest BCUT2D eigenvalue weighted by Gasteiger charge is 2.12. The van der Waals surface area contributed by atoms with Crippen LogP contribution in [0, 0.1) is 3.57 Å². The molecule has 132 valence electrons. The van der Waals surface area contributed by atoms with Crippen LogP contribution in [0.3, 0.4) is 0 Å². The predicted molar refractivity (Wildman–Crippen MR) is 107 cm³/mol. The Labute approximate surface area is 161 Å². The summed E-state index contributed by atoms with van der Waals surface area (Å²) in [6.45, 7) is 3.96. The molecule has 2 amide bonds. The largest absolute Gasteiger partial charge is 0.496 e. The molecular weight excluding hydrogens is 431 g/mol. The van der Waals surface area contributed by atoms with Crippen LogP contribution in [0.4, 0.5) is 5.69 Å². The van der Waals surface area contributed by atoms with Gasteiger partial charge in [-0.05, 0) is 72.3 Å². The average Bonchev–Trinajstić information content (AvgIpc) is 2.61. The molecule has 0 saturated heterocycles. The normalized spacial score (nSPS) is 11.5. The molecule has 0 aliphatic rings. The maximum atomic E-state index is 12.4. The van der Waals surface area contributed by atoms with Crippen LogP contribution in [0.5, 0.6) is 5.75 Å². The molecule has 2 rings (SSSR count). The van der Waals surface area contributed by atoms with E-state index in [9.17, 15) is 9.59 Å². The van der Waals surface area contributed by atoms with Crippen LogP contribution in [0.25, 0.3) is 0 Å². The lowest BCUT2D eigenvalue weighted by Crippen LogP contribution is -2.31. The van der Waals surface area contributed by atoms with Crippen LogP contribution in [0.15, 0.2) is 42.5 Å². The Kier molecular flexibility index (Phi) is 6.81. The van der Waals surface area contributed by atoms with Crippen LogP contribution in [-0.4, -0.2) is 25.0 Å². The highest BCUT2D eigenvalue weighted by Crippen LogP contribution is 2.22. The lowest BCUT2D eigenvalue weighted by molar-refractivity contribution is 0.0938. The van der Waals surface area contributed by atoms with Gasteiger partial charge in [0.05, 0.1) is 10.7 Å². The van der Waals surface area contributed by atoms with Gasteiger partial charge in [-0.25, -0.2) is 0 Å². The molecule has 2 aromatic carbocycles. The van der Waals surface area contributed by atoms with Gasteiger partial charge in [-0.2, -0.15) is 0 Å². The van der Waals surface area contributed by atoms with Crippen molar-refractivity contribution >= 4 is 40.1 Å². The molecule has 1 atom stereocenters. The van der Waals surface area contributed by atoms with E-state index in [1.54, 1.807) is 49.6 Å². The Hall–Kier alpha value is -2.09. The van der Waals surface area contributed by atoms with Crippen LogP contribution in [-0.2, 0) is 0 Å². The third-order valence-electron chi connectivity index (χ3n) is 3.79. The summed E-state index contributed by atoms with van der Waals surface area (Å²) >= 11 is 2.12. The van der Waals surface area contributed by atoms with E-state index in [1.165, 1.54) is 0 Å². The first-order valence-corrected chi connectivity index (χ1v) is 9.08. The summed E-state index contributed by atoms with van der Waals surface area (Å²) in [5.74, 6) is 0.338. The maximum Gasteiger partial charge on any atom is 0.255 e. The number of methoxy groups -OCH3 is 1. The zero-order valence-electron chi connectivity index (χ0n) is 14.4. The molecule has 0 fully saturated rings. The zero-order chi connectivity index (χ0) is 18.4. The molecule has 5 nitrogen and oxygen atoms in total. The van der Waals surface area contributed by atoms with E-state index in [0.717, 1.165) is 15.7 Å². The van der Waals surface area contributed by atoms with E-state index in [2.05, 4.69) is 33.2 Å². The van der Waals surface area contributed by atoms with Crippen molar-refractivity contribution in [1.82, 2.24) is 5.32 Å². The number of carbonyl (C=O) groups is 2. The SMILES string of the molecule is CCC(C)NC(=O)c1cccc(NC(=O)c2ccc(OC)c(I)c2)c1. The Morgan fingerprint density at radius 1 is 1.12 bits per heavy atom. The van der Waals surface area contributed by atoms with Gasteiger partial charge in [0.2, 0.25) is 0 Å². The van der Waals surface area contributed by atoms with Crippen molar-refractivity contribution < 1.29 is 14.3 Å². The lowest BCUT2D eigenvalue weighted by atomic mass is 10.1. The molecule has 0 bridgehead atoms. The van der Waals surface area contributed by atoms with Gasteiger partial charge < -0.3 is 15.4 Å². The van der Waals surface area contributed by atoms with E-state index >= 15 is 0 Å². The van der Waals surface area contributed by atoms with Gasteiger partial charge in [-0.3, -0.25) is 9.59 Å². The highest BCUT2D eigenvalue weighted by atomic mass is 127. The van der Waals surface area contributed by atoms with Crippen LogP contribution < -0.4 is 15.4 Å². The number of amides is 2. The second kappa shape index (κ2) is 8.84. The second-order valence-electron chi connectivity index (χ2n) is 5.67. The average molecular weight is 452 g/mol. The second-order valence-corrected chi connectivity index (χ2v) is 6.83. The number of benzene rings is 2. The summed E-state index contributed by atoms with van der Waals surface area (Å²) in [6, 6.07) is 12.2. The van der Waals surface area contributed by atoms with Gasteiger partial charge in [-0.1, -0.05) is 13.0 Å². The van der Waals surface area contributed by atoms with Gasteiger partial charge in [-0.15, -0.1) is 0 Å². The summed E-state index contributed by atoms with van der Waals surface area (Å²) in [6.07, 6.45) is 0.859. The van der Waals surface area contributed by atoms with E-state index in [-0.39, 0.29) is 17.9 Å². The fourth-order valence-corrected chi connectivity index (χ4v) is 2.89. The van der Waals surface area contributed by atoms with Gasteiger partial charge in [0.15, 0.2) is 0 Å². The fourth-order valence-electron chi connectivity index (χ4n) is 2.16. The van der Waals surface area contributed by atoms with E-state index < -0.39 is 0 Å². The minimum Gasteiger partial charge on any atom is -0.496 e. The first-order valence-electron chi connectivity index (χ1n) is 8.00. The fraction of sp³-hybridized carbons (Fsp3) is 0.263. The minimum absolute atomic E-state index is 0.104. The number of hydrogen-bond donors (Lipinski definition) is 2. The monoisotopic (exact) mass is 452 g/mol. The molecule has 0 aliphatic carbocycles. The van der Waals surface area contributed by atoms with Crippen molar-refractivity contribution in [2.75, 3.05) is 12.4 Å². The molecule has 2 N–H and O–H groups in total. The summed E-state index contributed by atoms with van der Waals surface area (Å²) in [4.78, 5) is 24.6. The van der Waals surface area contributed by atoms with Crippen molar-refractivity contribution in [2.24, 2.45) is 0 Å². The smallest absolute Gasteiger partial charge is 0.255 e. The zero-order valence-corrected chi connectivity index (χ0v) is 16.6. The van der Waals surface area contributed by atoms with Crippen molar-refractivity contribution in [1.29, 1.82) is 0 Å². The van der Waals surface area contributed by atoms with E-state index in [1.807, 2.05) is 13.8 Å². The van der Waals surface area contributed by atoms with Gasteiger partial charge in [0, 0.05) is 22.9 Å². The van der Waals surface area contributed by atoms with Crippen molar-refractivity contribution in [3.05, 3.63) is 57.2 Å². The molecule has 0 aliphatic heterocycles. The Bertz CT molecular complexity index is 777. The van der Waals surface area contributed by atoms with Crippen molar-refractivity contribution in [2.45, 2.75) is 26.3 Å². The third-order valence-corrected chi connectivity index (χ3v) is 4.63. The number of ether oxygens (including phenoxy) is 1. The quantitative estimate of drug-likeness (QED) is 0.650. The third kappa shape index (κ3) is 5.19. The maximum absolute atomic E-state index is 12.4. The minimum atomic E-state index is -0.236. The van der Waals surface area contributed by atoms with Crippen LogP contribution in [0.1, 0.15) is 41.0 Å².